The van der Waals surface area contributed by atoms with E-state index in [2.05, 4.69) is 39.2 Å². The zero-order valence-corrected chi connectivity index (χ0v) is 17.3. The maximum absolute atomic E-state index is 12.0. The van der Waals surface area contributed by atoms with E-state index >= 15 is 0 Å². The lowest BCUT2D eigenvalue weighted by molar-refractivity contribution is 0.122. The fourth-order valence-corrected chi connectivity index (χ4v) is 4.72. The Hall–Kier alpha value is -1.31. The first-order valence-corrected chi connectivity index (χ1v) is 11.7. The van der Waals surface area contributed by atoms with E-state index in [1.165, 1.54) is 5.69 Å². The molecule has 0 amide bonds. The Morgan fingerprint density at radius 2 is 1.85 bits per heavy atom. The normalized spacial score (nSPS) is 24.2. The van der Waals surface area contributed by atoms with Gasteiger partial charge in [0.2, 0.25) is 10.0 Å². The number of rotatable bonds is 7. The highest BCUT2D eigenvalue weighted by Gasteiger charge is 2.26. The van der Waals surface area contributed by atoms with Gasteiger partial charge in [0.15, 0.2) is 0 Å². The van der Waals surface area contributed by atoms with Crippen molar-refractivity contribution in [2.75, 3.05) is 43.1 Å². The summed E-state index contributed by atoms with van der Waals surface area (Å²) in [6.45, 7) is 7.87. The van der Waals surface area contributed by atoms with Crippen molar-refractivity contribution in [1.29, 1.82) is 0 Å². The number of nitrogens with zero attached hydrogens (tertiary/aromatic N) is 1. The number of nitrogens with one attached hydrogen (secondary N) is 2. The fourth-order valence-electron chi connectivity index (χ4n) is 3.75. The third kappa shape index (κ3) is 5.83. The van der Waals surface area contributed by atoms with Crippen molar-refractivity contribution in [3.8, 4) is 0 Å². The minimum atomic E-state index is -3.17. The van der Waals surface area contributed by atoms with Crippen LogP contribution in [-0.4, -0.2) is 52.6 Å². The highest BCUT2D eigenvalue weighted by molar-refractivity contribution is 7.90. The van der Waals surface area contributed by atoms with E-state index in [1.807, 2.05) is 0 Å². The molecule has 0 atom stereocenters. The van der Waals surface area contributed by atoms with Crippen LogP contribution in [0.5, 0.6) is 0 Å². The quantitative estimate of drug-likeness (QED) is 0.743. The zero-order valence-electron chi connectivity index (χ0n) is 16.5. The molecule has 6 nitrogen and oxygen atoms in total. The molecule has 1 aliphatic heterocycles. The van der Waals surface area contributed by atoms with E-state index < -0.39 is 10.0 Å². The Bertz CT molecular complexity index is 694. The van der Waals surface area contributed by atoms with Gasteiger partial charge in [0, 0.05) is 37.1 Å². The molecule has 1 aromatic carbocycles. The van der Waals surface area contributed by atoms with E-state index in [0.29, 0.717) is 5.92 Å². The van der Waals surface area contributed by atoms with Crippen molar-refractivity contribution < 1.29 is 13.2 Å². The number of hydrogen-bond acceptors (Lipinski definition) is 5. The maximum atomic E-state index is 12.0. The smallest absolute Gasteiger partial charge is 0.214 e. The summed E-state index contributed by atoms with van der Waals surface area (Å²) in [5.41, 5.74) is 2.40. The topological polar surface area (TPSA) is 70.7 Å². The van der Waals surface area contributed by atoms with Crippen LogP contribution in [-0.2, 0) is 14.8 Å². The minimum absolute atomic E-state index is 0.0956. The van der Waals surface area contributed by atoms with Crippen LogP contribution in [0.25, 0.3) is 0 Å². The van der Waals surface area contributed by atoms with Gasteiger partial charge in [0.1, 0.15) is 0 Å². The predicted molar refractivity (Wildman–Crippen MR) is 111 cm³/mol. The summed E-state index contributed by atoms with van der Waals surface area (Å²) < 4.78 is 32.3. The van der Waals surface area contributed by atoms with Crippen LogP contribution < -0.4 is 14.9 Å². The molecule has 2 aliphatic rings. The minimum Gasteiger partial charge on any atom is -0.385 e. The van der Waals surface area contributed by atoms with Crippen molar-refractivity contribution in [3.05, 3.63) is 24.3 Å². The van der Waals surface area contributed by atoms with Gasteiger partial charge in [-0.05, 0) is 63.6 Å². The molecule has 0 radical (unpaired) electrons. The van der Waals surface area contributed by atoms with Crippen LogP contribution in [0.1, 0.15) is 39.5 Å². The highest BCUT2D eigenvalue weighted by atomic mass is 32.2. The maximum Gasteiger partial charge on any atom is 0.214 e. The summed E-state index contributed by atoms with van der Waals surface area (Å²) in [5.74, 6) is 0.594. The van der Waals surface area contributed by atoms with Crippen molar-refractivity contribution in [2.24, 2.45) is 5.92 Å². The average molecular weight is 396 g/mol. The Morgan fingerprint density at radius 3 is 2.52 bits per heavy atom. The number of sulfonamides is 1. The Morgan fingerprint density at radius 1 is 1.15 bits per heavy atom. The van der Waals surface area contributed by atoms with Crippen LogP contribution in [0, 0.1) is 5.92 Å². The summed E-state index contributed by atoms with van der Waals surface area (Å²) in [7, 11) is -3.17. The fraction of sp³-hybridized carbons (Fsp3) is 0.700. The number of anilines is 2. The van der Waals surface area contributed by atoms with Crippen molar-refractivity contribution in [1.82, 2.24) is 4.72 Å². The van der Waals surface area contributed by atoms with E-state index in [4.69, 9.17) is 4.74 Å². The van der Waals surface area contributed by atoms with Gasteiger partial charge in [-0.15, -0.1) is 0 Å². The molecule has 0 bridgehead atoms. The van der Waals surface area contributed by atoms with Gasteiger partial charge in [-0.25, -0.2) is 13.1 Å². The molecule has 1 heterocycles. The Labute approximate surface area is 163 Å². The zero-order chi connectivity index (χ0) is 19.3. The van der Waals surface area contributed by atoms with Gasteiger partial charge in [-0.3, -0.25) is 0 Å². The lowest BCUT2D eigenvalue weighted by atomic mass is 9.86. The molecule has 2 fully saturated rings. The summed E-state index contributed by atoms with van der Waals surface area (Å²) in [6.07, 6.45) is 3.96. The second kappa shape index (κ2) is 9.26. The predicted octanol–water partition coefficient (Wildman–Crippen LogP) is 2.82. The molecule has 2 N–H and O–H groups in total. The molecule has 1 saturated heterocycles. The van der Waals surface area contributed by atoms with Crippen LogP contribution in [0.3, 0.4) is 0 Å². The van der Waals surface area contributed by atoms with E-state index in [9.17, 15) is 8.42 Å². The molecule has 27 heavy (non-hydrogen) atoms. The largest absolute Gasteiger partial charge is 0.385 e. The van der Waals surface area contributed by atoms with Gasteiger partial charge in [0.05, 0.1) is 18.5 Å². The number of morpholine rings is 1. The van der Waals surface area contributed by atoms with Crippen LogP contribution in [0.2, 0.25) is 0 Å². The molecule has 152 valence electrons. The molecule has 1 aliphatic carbocycles. The van der Waals surface area contributed by atoms with Gasteiger partial charge in [0.25, 0.3) is 0 Å². The highest BCUT2D eigenvalue weighted by Crippen LogP contribution is 2.26. The second-order valence-electron chi connectivity index (χ2n) is 7.96. The summed E-state index contributed by atoms with van der Waals surface area (Å²) in [4.78, 5) is 2.36. The standard InChI is InChI=1S/C20H33N3O3S/c1-16(2)27(24,25)22-18-8-6-17(7-9-18)15-21-19-4-3-5-20(14-19)23-10-12-26-13-11-23/h3-5,14,16-18,21-22H,6-13,15H2,1-2H3. The lowest BCUT2D eigenvalue weighted by Gasteiger charge is -2.30. The first kappa shape index (κ1) is 20.4. The molecule has 1 saturated carbocycles. The molecule has 0 unspecified atom stereocenters. The third-order valence-electron chi connectivity index (χ3n) is 5.62. The average Bonchev–Trinajstić information content (AvgIpc) is 2.68. The number of benzene rings is 1. The molecule has 1 aromatic rings. The van der Waals surface area contributed by atoms with Gasteiger partial charge >= 0.3 is 0 Å². The molecule has 0 aromatic heterocycles. The van der Waals surface area contributed by atoms with Gasteiger partial charge < -0.3 is 15.0 Å². The van der Waals surface area contributed by atoms with Crippen molar-refractivity contribution in [3.63, 3.8) is 0 Å². The van der Waals surface area contributed by atoms with Crippen LogP contribution in [0.15, 0.2) is 24.3 Å². The first-order chi connectivity index (χ1) is 12.9. The summed E-state index contributed by atoms with van der Waals surface area (Å²) in [6, 6.07) is 8.69. The van der Waals surface area contributed by atoms with Gasteiger partial charge in [-0.2, -0.15) is 0 Å². The molecular formula is C20H33N3O3S. The van der Waals surface area contributed by atoms with Crippen molar-refractivity contribution in [2.45, 2.75) is 50.8 Å². The summed E-state index contributed by atoms with van der Waals surface area (Å²) >= 11 is 0. The SMILES string of the molecule is CC(C)S(=O)(=O)NC1CCC(CNc2cccc(N3CCOCC3)c2)CC1. The summed E-state index contributed by atoms with van der Waals surface area (Å²) in [5, 5.41) is 3.21. The lowest BCUT2D eigenvalue weighted by Crippen LogP contribution is -2.41. The van der Waals surface area contributed by atoms with E-state index in [-0.39, 0.29) is 11.3 Å². The van der Waals surface area contributed by atoms with E-state index in [1.54, 1.807) is 13.8 Å². The van der Waals surface area contributed by atoms with E-state index in [0.717, 1.165) is 64.2 Å². The first-order valence-electron chi connectivity index (χ1n) is 10.1. The monoisotopic (exact) mass is 395 g/mol. The van der Waals surface area contributed by atoms with Crippen LogP contribution in [0.4, 0.5) is 11.4 Å². The Balaban J connectivity index is 1.45. The molecule has 0 spiro atoms. The molecule has 3 rings (SSSR count). The van der Waals surface area contributed by atoms with Gasteiger partial charge in [-0.1, -0.05) is 6.07 Å². The second-order valence-corrected chi connectivity index (χ2v) is 10.2. The number of ether oxygens (including phenoxy) is 1. The number of hydrogen-bond donors (Lipinski definition) is 2. The van der Waals surface area contributed by atoms with Crippen molar-refractivity contribution >= 4 is 21.4 Å². The molecule has 7 heteroatoms. The van der Waals surface area contributed by atoms with Crippen LogP contribution >= 0.6 is 0 Å². The Kier molecular flexibility index (Phi) is 7.00. The third-order valence-corrected chi connectivity index (χ3v) is 7.52. The molecular weight excluding hydrogens is 362 g/mol.